The van der Waals surface area contributed by atoms with Crippen molar-refractivity contribution in [1.82, 2.24) is 5.32 Å². The van der Waals surface area contributed by atoms with Crippen molar-refractivity contribution in [3.8, 4) is 0 Å². The Labute approximate surface area is 111 Å². The van der Waals surface area contributed by atoms with Gasteiger partial charge in [-0.2, -0.15) is 0 Å². The first-order valence-corrected chi connectivity index (χ1v) is 7.68. The zero-order valence-electron chi connectivity index (χ0n) is 11.8. The number of aliphatic hydroxyl groups excluding tert-OH is 1. The molecule has 1 saturated carbocycles. The maximum Gasteiger partial charge on any atom is 0.220 e. The Morgan fingerprint density at radius 2 is 1.89 bits per heavy atom. The summed E-state index contributed by atoms with van der Waals surface area (Å²) in [7, 11) is 0. The highest BCUT2D eigenvalue weighted by Gasteiger charge is 2.22. The lowest BCUT2D eigenvalue weighted by Crippen LogP contribution is -2.36. The predicted octanol–water partition coefficient (Wildman–Crippen LogP) is 3.01. The number of aliphatic hydroxyl groups is 1. The van der Waals surface area contributed by atoms with E-state index in [1.807, 2.05) is 0 Å². The van der Waals surface area contributed by atoms with Crippen LogP contribution in [0.4, 0.5) is 0 Å². The fourth-order valence-electron chi connectivity index (χ4n) is 2.65. The van der Waals surface area contributed by atoms with Crippen molar-refractivity contribution in [1.29, 1.82) is 0 Å². The summed E-state index contributed by atoms with van der Waals surface area (Å²) in [6, 6.07) is 0. The molecule has 0 aromatic heterocycles. The minimum atomic E-state index is -0.205. The molecule has 0 aromatic rings. The molecule has 1 aliphatic carbocycles. The van der Waals surface area contributed by atoms with E-state index in [4.69, 9.17) is 0 Å². The molecule has 1 aliphatic rings. The van der Waals surface area contributed by atoms with Crippen molar-refractivity contribution in [2.24, 2.45) is 5.92 Å². The minimum Gasteiger partial charge on any atom is -0.393 e. The van der Waals surface area contributed by atoms with Crippen LogP contribution in [-0.2, 0) is 4.79 Å². The van der Waals surface area contributed by atoms with E-state index in [0.29, 0.717) is 13.0 Å². The highest BCUT2D eigenvalue weighted by atomic mass is 16.3. The molecule has 0 aliphatic heterocycles. The van der Waals surface area contributed by atoms with E-state index >= 15 is 0 Å². The first-order valence-electron chi connectivity index (χ1n) is 7.68. The summed E-state index contributed by atoms with van der Waals surface area (Å²) in [6.07, 6.45) is 10.6. The number of carbonyl (C=O) groups is 1. The van der Waals surface area contributed by atoms with Gasteiger partial charge in [0.05, 0.1) is 6.10 Å². The van der Waals surface area contributed by atoms with Gasteiger partial charge in [-0.1, -0.05) is 45.4 Å². The molecule has 1 rings (SSSR count). The largest absolute Gasteiger partial charge is 0.393 e. The standard InChI is InChI=1S/C15H29NO2/c1-2-3-4-5-6-11-15(18)16-12-13-9-7-8-10-14(13)17/h13-14,17H,2-12H2,1H3,(H,16,18). The van der Waals surface area contributed by atoms with Gasteiger partial charge in [-0.25, -0.2) is 0 Å². The van der Waals surface area contributed by atoms with Crippen molar-refractivity contribution in [3.05, 3.63) is 0 Å². The molecule has 2 unspecified atom stereocenters. The molecule has 18 heavy (non-hydrogen) atoms. The lowest BCUT2D eigenvalue weighted by atomic mass is 9.86. The van der Waals surface area contributed by atoms with Gasteiger partial charge in [0.15, 0.2) is 0 Å². The van der Waals surface area contributed by atoms with Crippen LogP contribution in [0.1, 0.15) is 71.1 Å². The van der Waals surface area contributed by atoms with E-state index in [2.05, 4.69) is 12.2 Å². The third-order valence-electron chi connectivity index (χ3n) is 3.94. The first-order chi connectivity index (χ1) is 8.74. The maximum atomic E-state index is 11.6. The zero-order chi connectivity index (χ0) is 13.2. The average molecular weight is 255 g/mol. The molecule has 3 nitrogen and oxygen atoms in total. The van der Waals surface area contributed by atoms with Gasteiger partial charge in [-0.3, -0.25) is 4.79 Å². The average Bonchev–Trinajstić information content (AvgIpc) is 2.37. The summed E-state index contributed by atoms with van der Waals surface area (Å²) in [5.41, 5.74) is 0. The van der Waals surface area contributed by atoms with Crippen molar-refractivity contribution in [3.63, 3.8) is 0 Å². The monoisotopic (exact) mass is 255 g/mol. The van der Waals surface area contributed by atoms with Crippen molar-refractivity contribution in [2.75, 3.05) is 6.54 Å². The molecule has 0 spiro atoms. The molecule has 2 N–H and O–H groups in total. The minimum absolute atomic E-state index is 0.157. The number of rotatable bonds is 8. The van der Waals surface area contributed by atoms with E-state index in [1.54, 1.807) is 0 Å². The van der Waals surface area contributed by atoms with Crippen LogP contribution >= 0.6 is 0 Å². The second-order valence-electron chi connectivity index (χ2n) is 5.58. The summed E-state index contributed by atoms with van der Waals surface area (Å²) in [4.78, 5) is 11.6. The van der Waals surface area contributed by atoms with Gasteiger partial charge >= 0.3 is 0 Å². The Hall–Kier alpha value is -0.570. The lowest BCUT2D eigenvalue weighted by Gasteiger charge is -2.27. The predicted molar refractivity (Wildman–Crippen MR) is 74.4 cm³/mol. The molecule has 0 radical (unpaired) electrons. The van der Waals surface area contributed by atoms with Crippen molar-refractivity contribution < 1.29 is 9.90 Å². The second kappa shape index (κ2) is 9.37. The number of unbranched alkanes of at least 4 members (excludes halogenated alkanes) is 4. The Bertz CT molecular complexity index is 231. The lowest BCUT2D eigenvalue weighted by molar-refractivity contribution is -0.121. The van der Waals surface area contributed by atoms with Crippen LogP contribution in [0, 0.1) is 5.92 Å². The first kappa shape index (κ1) is 15.5. The molecule has 0 aromatic carbocycles. The summed E-state index contributed by atoms with van der Waals surface area (Å²) >= 11 is 0. The Balaban J connectivity index is 2.02. The highest BCUT2D eigenvalue weighted by molar-refractivity contribution is 5.75. The van der Waals surface area contributed by atoms with Crippen LogP contribution in [-0.4, -0.2) is 23.7 Å². The van der Waals surface area contributed by atoms with Crippen molar-refractivity contribution in [2.45, 2.75) is 77.2 Å². The van der Waals surface area contributed by atoms with Gasteiger partial charge < -0.3 is 10.4 Å². The summed E-state index contributed by atoms with van der Waals surface area (Å²) in [5.74, 6) is 0.437. The van der Waals surface area contributed by atoms with Gasteiger partial charge in [-0.15, -0.1) is 0 Å². The quantitative estimate of drug-likeness (QED) is 0.655. The number of carbonyl (C=O) groups excluding carboxylic acids is 1. The molecule has 0 bridgehead atoms. The van der Waals surface area contributed by atoms with E-state index in [-0.39, 0.29) is 17.9 Å². The molecular weight excluding hydrogens is 226 g/mol. The second-order valence-corrected chi connectivity index (χ2v) is 5.58. The third-order valence-corrected chi connectivity index (χ3v) is 3.94. The van der Waals surface area contributed by atoms with Crippen molar-refractivity contribution >= 4 is 5.91 Å². The van der Waals surface area contributed by atoms with Gasteiger partial charge in [0, 0.05) is 18.9 Å². The van der Waals surface area contributed by atoms with Gasteiger partial charge in [0.25, 0.3) is 0 Å². The molecule has 0 heterocycles. The number of hydrogen-bond acceptors (Lipinski definition) is 2. The van der Waals surface area contributed by atoms with Crippen LogP contribution in [0.5, 0.6) is 0 Å². The third kappa shape index (κ3) is 6.39. The topological polar surface area (TPSA) is 49.3 Å². The van der Waals surface area contributed by atoms with E-state index < -0.39 is 0 Å². The number of amides is 1. The van der Waals surface area contributed by atoms with E-state index in [0.717, 1.165) is 32.1 Å². The fourth-order valence-corrected chi connectivity index (χ4v) is 2.65. The fraction of sp³-hybridized carbons (Fsp3) is 0.933. The number of hydrogen-bond donors (Lipinski definition) is 2. The van der Waals surface area contributed by atoms with Gasteiger partial charge in [0.1, 0.15) is 0 Å². The molecule has 1 amide bonds. The van der Waals surface area contributed by atoms with E-state index in [9.17, 15) is 9.90 Å². The van der Waals surface area contributed by atoms with Crippen LogP contribution in [0.3, 0.4) is 0 Å². The summed E-state index contributed by atoms with van der Waals surface area (Å²) in [5, 5.41) is 12.8. The molecule has 106 valence electrons. The molecule has 0 saturated heterocycles. The molecule has 2 atom stereocenters. The van der Waals surface area contributed by atoms with Crippen LogP contribution in [0.2, 0.25) is 0 Å². The highest BCUT2D eigenvalue weighted by Crippen LogP contribution is 2.23. The normalized spacial score (nSPS) is 23.9. The summed E-state index contributed by atoms with van der Waals surface area (Å²) in [6.45, 7) is 2.86. The number of nitrogens with one attached hydrogen (secondary N) is 1. The zero-order valence-corrected chi connectivity index (χ0v) is 11.8. The van der Waals surface area contributed by atoms with Gasteiger partial charge in [0.2, 0.25) is 5.91 Å². The van der Waals surface area contributed by atoms with Crippen LogP contribution < -0.4 is 5.32 Å². The Kier molecular flexibility index (Phi) is 8.06. The Morgan fingerprint density at radius 1 is 1.17 bits per heavy atom. The SMILES string of the molecule is CCCCCCCC(=O)NCC1CCCCC1O. The molecule has 3 heteroatoms. The van der Waals surface area contributed by atoms with Gasteiger partial charge in [-0.05, 0) is 19.3 Å². The smallest absolute Gasteiger partial charge is 0.220 e. The Morgan fingerprint density at radius 3 is 2.61 bits per heavy atom. The molecule has 1 fully saturated rings. The summed E-state index contributed by atoms with van der Waals surface area (Å²) < 4.78 is 0. The molecular formula is C15H29NO2. The van der Waals surface area contributed by atoms with Crippen LogP contribution in [0.15, 0.2) is 0 Å². The van der Waals surface area contributed by atoms with Crippen LogP contribution in [0.25, 0.3) is 0 Å². The van der Waals surface area contributed by atoms with E-state index in [1.165, 1.54) is 25.7 Å². The maximum absolute atomic E-state index is 11.6.